The van der Waals surface area contributed by atoms with Gasteiger partial charge in [-0.1, -0.05) is 212 Å². The molecule has 0 saturated carbocycles. The maximum atomic E-state index is 2.53. The molecule has 1 nitrogen and oxygen atoms in total. The van der Waals surface area contributed by atoms with Crippen molar-refractivity contribution < 1.29 is 0 Å². The summed E-state index contributed by atoms with van der Waals surface area (Å²) in [6.07, 6.45) is 0. The fraction of sp³-hybridized carbons (Fsp3) is 0.0169. The van der Waals surface area contributed by atoms with E-state index in [2.05, 4.69) is 241 Å². The normalized spacial score (nSPS) is 12.8. The summed E-state index contributed by atoms with van der Waals surface area (Å²) in [6, 6.07) is 87.4. The summed E-state index contributed by atoms with van der Waals surface area (Å²) < 4.78 is 0. The van der Waals surface area contributed by atoms with Crippen molar-refractivity contribution in [2.45, 2.75) is 5.41 Å². The van der Waals surface area contributed by atoms with E-state index in [1.165, 1.54) is 88.7 Å². The molecular formula is C59H39N. The molecule has 2 aliphatic carbocycles. The molecule has 0 aliphatic heterocycles. The first-order chi connectivity index (χ1) is 29.8. The van der Waals surface area contributed by atoms with E-state index in [0.29, 0.717) is 0 Å². The van der Waals surface area contributed by atoms with E-state index in [1.54, 1.807) is 0 Å². The van der Waals surface area contributed by atoms with Crippen molar-refractivity contribution in [3.05, 3.63) is 259 Å². The van der Waals surface area contributed by atoms with Crippen LogP contribution in [0.2, 0.25) is 0 Å². The van der Waals surface area contributed by atoms with Crippen molar-refractivity contribution in [3.8, 4) is 55.6 Å². The van der Waals surface area contributed by atoms with Gasteiger partial charge in [0.25, 0.3) is 0 Å². The Labute approximate surface area is 351 Å². The summed E-state index contributed by atoms with van der Waals surface area (Å²) >= 11 is 0. The summed E-state index contributed by atoms with van der Waals surface area (Å²) in [5.74, 6) is 0. The summed E-state index contributed by atoms with van der Waals surface area (Å²) in [6.45, 7) is 0. The molecule has 280 valence electrons. The third-order valence-electron chi connectivity index (χ3n) is 12.9. The van der Waals surface area contributed by atoms with Crippen molar-refractivity contribution in [2.24, 2.45) is 0 Å². The average molecular weight is 762 g/mol. The smallest absolute Gasteiger partial charge is 0.0726 e. The molecule has 0 heterocycles. The number of benzene rings is 10. The molecule has 0 radical (unpaired) electrons. The van der Waals surface area contributed by atoms with Gasteiger partial charge in [0.05, 0.1) is 16.8 Å². The van der Waals surface area contributed by atoms with Crippen LogP contribution in [0.1, 0.15) is 22.3 Å². The summed E-state index contributed by atoms with van der Waals surface area (Å²) in [7, 11) is 0. The Balaban J connectivity index is 1.15. The largest absolute Gasteiger partial charge is 0.309 e. The number of anilines is 3. The summed E-state index contributed by atoms with van der Waals surface area (Å²) in [5.41, 5.74) is 20.6. The number of fused-ring (bicyclic) bond motifs is 11. The molecule has 0 bridgehead atoms. The van der Waals surface area contributed by atoms with Crippen LogP contribution in [0.3, 0.4) is 0 Å². The predicted octanol–water partition coefficient (Wildman–Crippen LogP) is 15.7. The lowest BCUT2D eigenvalue weighted by Gasteiger charge is -2.33. The van der Waals surface area contributed by atoms with Crippen molar-refractivity contribution in [3.63, 3.8) is 0 Å². The van der Waals surface area contributed by atoms with Crippen molar-refractivity contribution in [1.82, 2.24) is 0 Å². The van der Waals surface area contributed by atoms with E-state index >= 15 is 0 Å². The Hall–Kier alpha value is -7.74. The van der Waals surface area contributed by atoms with Crippen LogP contribution in [0.5, 0.6) is 0 Å². The summed E-state index contributed by atoms with van der Waals surface area (Å²) in [4.78, 5) is 2.53. The maximum absolute atomic E-state index is 2.53. The molecule has 10 aromatic carbocycles. The number of hydrogen-bond donors (Lipinski definition) is 0. The molecule has 0 fully saturated rings. The average Bonchev–Trinajstić information content (AvgIpc) is 3.79. The van der Waals surface area contributed by atoms with Gasteiger partial charge in [-0.15, -0.1) is 0 Å². The van der Waals surface area contributed by atoms with Gasteiger partial charge in [-0.2, -0.15) is 0 Å². The molecule has 12 rings (SSSR count). The molecule has 1 heteroatoms. The van der Waals surface area contributed by atoms with Crippen LogP contribution in [-0.2, 0) is 5.41 Å². The van der Waals surface area contributed by atoms with Crippen LogP contribution in [0.15, 0.2) is 237 Å². The van der Waals surface area contributed by atoms with Gasteiger partial charge in [-0.05, 0) is 102 Å². The van der Waals surface area contributed by atoms with E-state index in [-0.39, 0.29) is 0 Å². The molecule has 10 aromatic rings. The second-order valence-electron chi connectivity index (χ2n) is 16.0. The van der Waals surface area contributed by atoms with Crippen LogP contribution in [0.25, 0.3) is 66.4 Å². The first kappa shape index (κ1) is 34.3. The van der Waals surface area contributed by atoms with Gasteiger partial charge in [-0.25, -0.2) is 0 Å². The zero-order chi connectivity index (χ0) is 39.6. The number of nitrogens with zero attached hydrogens (tertiary/aromatic N) is 1. The second-order valence-corrected chi connectivity index (χ2v) is 16.0. The molecule has 0 saturated heterocycles. The highest BCUT2D eigenvalue weighted by Crippen LogP contribution is 2.63. The highest BCUT2D eigenvalue weighted by Gasteiger charge is 2.51. The standard InChI is InChI=1S/C59H39N/c1-3-17-40(18-4-1)41-31-33-43(34-32-41)46-22-12-16-30-56(46)60(57-38-35-42-19-7-8-23-47(42)58(57)44-20-5-2-6-21-44)45-36-37-51-50-26-11-15-29-54(50)59(55(51)39-45)52-27-13-9-24-48(52)49-25-10-14-28-53(49)59/h1-39H. The lowest BCUT2D eigenvalue weighted by atomic mass is 9.70. The topological polar surface area (TPSA) is 3.24 Å². The van der Waals surface area contributed by atoms with Crippen LogP contribution in [0, 0.1) is 0 Å². The lowest BCUT2D eigenvalue weighted by Crippen LogP contribution is -2.26. The fourth-order valence-electron chi connectivity index (χ4n) is 10.4. The highest BCUT2D eigenvalue weighted by molar-refractivity contribution is 6.07. The first-order valence-corrected chi connectivity index (χ1v) is 20.8. The monoisotopic (exact) mass is 761 g/mol. The molecule has 0 N–H and O–H groups in total. The first-order valence-electron chi connectivity index (χ1n) is 20.8. The lowest BCUT2D eigenvalue weighted by molar-refractivity contribution is 0.793. The summed E-state index contributed by atoms with van der Waals surface area (Å²) in [5, 5.41) is 2.44. The van der Waals surface area contributed by atoms with Gasteiger partial charge >= 0.3 is 0 Å². The Bertz CT molecular complexity index is 3190. The highest BCUT2D eigenvalue weighted by atomic mass is 15.1. The third kappa shape index (κ3) is 5.06. The number of hydrogen-bond acceptors (Lipinski definition) is 1. The van der Waals surface area contributed by atoms with Gasteiger partial charge in [0.1, 0.15) is 0 Å². The predicted molar refractivity (Wildman–Crippen MR) is 251 cm³/mol. The third-order valence-corrected chi connectivity index (χ3v) is 12.9. The van der Waals surface area contributed by atoms with Gasteiger partial charge in [0, 0.05) is 16.8 Å². The minimum atomic E-state index is -0.459. The molecule has 0 atom stereocenters. The molecule has 0 amide bonds. The van der Waals surface area contributed by atoms with Crippen LogP contribution in [0.4, 0.5) is 17.1 Å². The zero-order valence-corrected chi connectivity index (χ0v) is 33.0. The maximum Gasteiger partial charge on any atom is 0.0726 e. The molecule has 0 unspecified atom stereocenters. The van der Waals surface area contributed by atoms with E-state index in [0.717, 1.165) is 17.1 Å². The zero-order valence-electron chi connectivity index (χ0n) is 33.0. The van der Waals surface area contributed by atoms with Crippen LogP contribution < -0.4 is 4.90 Å². The van der Waals surface area contributed by atoms with Gasteiger partial charge in [0.15, 0.2) is 0 Å². The van der Waals surface area contributed by atoms with Crippen molar-refractivity contribution >= 4 is 27.8 Å². The van der Waals surface area contributed by atoms with Crippen molar-refractivity contribution in [1.29, 1.82) is 0 Å². The second kappa shape index (κ2) is 13.7. The Morgan fingerprint density at radius 2 is 0.767 bits per heavy atom. The van der Waals surface area contributed by atoms with Gasteiger partial charge in [0.2, 0.25) is 0 Å². The van der Waals surface area contributed by atoms with Crippen molar-refractivity contribution in [2.75, 3.05) is 4.90 Å². The Morgan fingerprint density at radius 3 is 1.42 bits per heavy atom. The molecule has 60 heavy (non-hydrogen) atoms. The molecular weight excluding hydrogens is 723 g/mol. The van der Waals surface area contributed by atoms with Gasteiger partial charge in [-0.3, -0.25) is 0 Å². The quantitative estimate of drug-likeness (QED) is 0.163. The molecule has 0 aromatic heterocycles. The Kier molecular flexibility index (Phi) is 7.83. The SMILES string of the molecule is c1ccc(-c2ccc(-c3ccccc3N(c3ccc4c(c3)C3(c5ccccc5-c5ccccc53)c3ccccc3-4)c3ccc4ccccc4c3-c3ccccc3)cc2)cc1. The molecule has 2 aliphatic rings. The number of rotatable bonds is 6. The van der Waals surface area contributed by atoms with E-state index in [4.69, 9.17) is 0 Å². The van der Waals surface area contributed by atoms with E-state index in [1.807, 2.05) is 0 Å². The van der Waals surface area contributed by atoms with E-state index < -0.39 is 5.41 Å². The number of para-hydroxylation sites is 1. The van der Waals surface area contributed by atoms with E-state index in [9.17, 15) is 0 Å². The molecule has 1 spiro atoms. The van der Waals surface area contributed by atoms with Crippen LogP contribution >= 0.6 is 0 Å². The fourth-order valence-corrected chi connectivity index (χ4v) is 10.4. The minimum absolute atomic E-state index is 0.459. The van der Waals surface area contributed by atoms with Gasteiger partial charge < -0.3 is 4.90 Å². The Morgan fingerprint density at radius 1 is 0.283 bits per heavy atom. The van der Waals surface area contributed by atoms with Crippen LogP contribution in [-0.4, -0.2) is 0 Å². The minimum Gasteiger partial charge on any atom is -0.309 e.